The molecule has 0 radical (unpaired) electrons. The second-order valence-electron chi connectivity index (χ2n) is 3.18. The monoisotopic (exact) mass is 230 g/mol. The van der Waals surface area contributed by atoms with Gasteiger partial charge in [-0.1, -0.05) is 0 Å². The summed E-state index contributed by atoms with van der Waals surface area (Å²) in [5, 5.41) is 7.66. The number of sulfonamides is 1. The van der Waals surface area contributed by atoms with Gasteiger partial charge in [0.2, 0.25) is 10.0 Å². The number of hydrogen-bond donors (Lipinski definition) is 3. The van der Waals surface area contributed by atoms with E-state index in [0.717, 1.165) is 5.56 Å². The molecule has 7 heteroatoms. The minimum atomic E-state index is -3.45. The first-order chi connectivity index (χ1) is 6.90. The van der Waals surface area contributed by atoms with Crippen molar-refractivity contribution in [3.8, 4) is 0 Å². The minimum Gasteiger partial charge on any atom is -0.396 e. The van der Waals surface area contributed by atoms with Gasteiger partial charge in [-0.3, -0.25) is 0 Å². The summed E-state index contributed by atoms with van der Waals surface area (Å²) in [6.45, 7) is 2.04. The number of pyridine rings is 1. The van der Waals surface area contributed by atoms with Crippen LogP contribution < -0.4 is 16.2 Å². The zero-order valence-corrected chi connectivity index (χ0v) is 9.21. The Bertz CT molecular complexity index is 444. The minimum absolute atomic E-state index is 0.151. The molecule has 1 rings (SSSR count). The number of aryl methyl sites for hydroxylation is 1. The summed E-state index contributed by atoms with van der Waals surface area (Å²) < 4.78 is 21.3. The van der Waals surface area contributed by atoms with Crippen LogP contribution in [-0.2, 0) is 10.0 Å². The lowest BCUT2D eigenvalue weighted by atomic mass is 10.2. The number of hydrogen-bond acceptors (Lipinski definition) is 5. The smallest absolute Gasteiger partial charge is 0.210 e. The molecule has 0 aliphatic carbocycles. The van der Waals surface area contributed by atoms with Crippen LogP contribution in [0.15, 0.2) is 12.3 Å². The van der Waals surface area contributed by atoms with Gasteiger partial charge in [0.15, 0.2) is 0 Å². The van der Waals surface area contributed by atoms with Crippen molar-refractivity contribution in [2.24, 2.45) is 5.14 Å². The zero-order valence-electron chi connectivity index (χ0n) is 8.40. The molecule has 1 aromatic heterocycles. The largest absolute Gasteiger partial charge is 0.396 e. The van der Waals surface area contributed by atoms with Crippen molar-refractivity contribution < 1.29 is 8.42 Å². The van der Waals surface area contributed by atoms with Gasteiger partial charge in [-0.2, -0.15) is 0 Å². The highest BCUT2D eigenvalue weighted by molar-refractivity contribution is 7.89. The van der Waals surface area contributed by atoms with Crippen LogP contribution >= 0.6 is 0 Å². The first-order valence-electron chi connectivity index (χ1n) is 4.35. The molecule has 15 heavy (non-hydrogen) atoms. The first-order valence-corrected chi connectivity index (χ1v) is 6.07. The van der Waals surface area contributed by atoms with E-state index >= 15 is 0 Å². The Labute approximate surface area is 88.7 Å². The molecule has 0 aliphatic rings. The number of nitrogens with two attached hydrogens (primary N) is 2. The summed E-state index contributed by atoms with van der Waals surface area (Å²) in [6.07, 6.45) is 1.60. The quantitative estimate of drug-likeness (QED) is 0.656. The second kappa shape index (κ2) is 4.45. The van der Waals surface area contributed by atoms with E-state index in [-0.39, 0.29) is 12.3 Å². The maximum Gasteiger partial charge on any atom is 0.210 e. The van der Waals surface area contributed by atoms with E-state index in [1.807, 2.05) is 6.92 Å². The molecule has 1 aromatic rings. The Balaban J connectivity index is 2.62. The summed E-state index contributed by atoms with van der Waals surface area (Å²) in [4.78, 5) is 3.99. The molecule has 1 heterocycles. The van der Waals surface area contributed by atoms with Crippen LogP contribution in [0, 0.1) is 6.92 Å². The zero-order chi connectivity index (χ0) is 11.5. The highest BCUT2D eigenvalue weighted by Crippen LogP contribution is 2.17. The average molecular weight is 230 g/mol. The number of rotatable bonds is 4. The molecule has 0 bridgehead atoms. The van der Waals surface area contributed by atoms with Gasteiger partial charge in [-0.15, -0.1) is 0 Å². The molecule has 5 N–H and O–H groups in total. The van der Waals surface area contributed by atoms with E-state index in [1.165, 1.54) is 0 Å². The molecule has 0 spiro atoms. The number of anilines is 2. The fourth-order valence-corrected chi connectivity index (χ4v) is 1.41. The van der Waals surface area contributed by atoms with Crippen LogP contribution in [0.5, 0.6) is 0 Å². The molecule has 0 unspecified atom stereocenters. The molecule has 0 amide bonds. The fourth-order valence-electron chi connectivity index (χ4n) is 1.02. The molecular weight excluding hydrogens is 216 g/mol. The van der Waals surface area contributed by atoms with Crippen molar-refractivity contribution in [3.63, 3.8) is 0 Å². The third-order valence-electron chi connectivity index (χ3n) is 1.89. The molecule has 0 fully saturated rings. The van der Waals surface area contributed by atoms with Crippen LogP contribution in [-0.4, -0.2) is 25.7 Å². The van der Waals surface area contributed by atoms with Gasteiger partial charge in [-0.25, -0.2) is 18.5 Å². The molecular formula is C8H14N4O2S. The predicted octanol–water partition coefficient (Wildman–Crippen LogP) is -0.327. The second-order valence-corrected chi connectivity index (χ2v) is 4.92. The number of primary sulfonamides is 1. The predicted molar refractivity (Wildman–Crippen MR) is 59.9 cm³/mol. The Hall–Kier alpha value is -1.34. The van der Waals surface area contributed by atoms with E-state index in [2.05, 4.69) is 10.3 Å². The van der Waals surface area contributed by atoms with Crippen molar-refractivity contribution in [1.82, 2.24) is 4.98 Å². The Morgan fingerprint density at radius 2 is 2.20 bits per heavy atom. The topological polar surface area (TPSA) is 111 Å². The van der Waals surface area contributed by atoms with Crippen LogP contribution in [0.25, 0.3) is 0 Å². The summed E-state index contributed by atoms with van der Waals surface area (Å²) in [7, 11) is -3.45. The van der Waals surface area contributed by atoms with Crippen LogP contribution in [0.4, 0.5) is 11.5 Å². The average Bonchev–Trinajstić information content (AvgIpc) is 2.10. The van der Waals surface area contributed by atoms with Crippen molar-refractivity contribution in [1.29, 1.82) is 0 Å². The van der Waals surface area contributed by atoms with Gasteiger partial charge >= 0.3 is 0 Å². The van der Waals surface area contributed by atoms with Gasteiger partial charge in [-0.05, 0) is 18.6 Å². The van der Waals surface area contributed by atoms with E-state index < -0.39 is 10.0 Å². The molecule has 0 aliphatic heterocycles. The lowest BCUT2D eigenvalue weighted by molar-refractivity contribution is 0.598. The number of nitrogen functional groups attached to an aromatic ring is 1. The third kappa shape index (κ3) is 3.72. The van der Waals surface area contributed by atoms with E-state index in [1.54, 1.807) is 12.3 Å². The number of aromatic nitrogens is 1. The van der Waals surface area contributed by atoms with Crippen molar-refractivity contribution in [2.45, 2.75) is 6.92 Å². The van der Waals surface area contributed by atoms with E-state index in [4.69, 9.17) is 10.9 Å². The Morgan fingerprint density at radius 3 is 2.80 bits per heavy atom. The van der Waals surface area contributed by atoms with Crippen LogP contribution in [0.3, 0.4) is 0 Å². The molecule has 84 valence electrons. The van der Waals surface area contributed by atoms with Gasteiger partial charge in [0.05, 0.1) is 11.4 Å². The van der Waals surface area contributed by atoms with Gasteiger partial charge in [0.1, 0.15) is 5.82 Å². The lowest BCUT2D eigenvalue weighted by Crippen LogP contribution is -2.23. The summed E-state index contributed by atoms with van der Waals surface area (Å²) in [5.41, 5.74) is 7.14. The van der Waals surface area contributed by atoms with Crippen LogP contribution in [0.2, 0.25) is 0 Å². The van der Waals surface area contributed by atoms with Crippen molar-refractivity contribution in [2.75, 3.05) is 23.3 Å². The van der Waals surface area contributed by atoms with Crippen molar-refractivity contribution >= 4 is 21.5 Å². The highest BCUT2D eigenvalue weighted by atomic mass is 32.2. The normalized spacial score (nSPS) is 11.3. The molecule has 0 aromatic carbocycles. The third-order valence-corrected chi connectivity index (χ3v) is 2.66. The molecule has 0 saturated heterocycles. The standard InChI is InChI=1S/C8H14N4O2S/c1-6-2-3-11-8(7(6)9)12-4-5-15(10,13)14/h2-3H,4-5,9H2,1H3,(H,11,12)(H2,10,13,14). The SMILES string of the molecule is Cc1ccnc(NCCS(N)(=O)=O)c1N. The summed E-state index contributed by atoms with van der Waals surface area (Å²) >= 11 is 0. The van der Waals surface area contributed by atoms with E-state index in [0.29, 0.717) is 11.5 Å². The van der Waals surface area contributed by atoms with Crippen molar-refractivity contribution in [3.05, 3.63) is 17.8 Å². The summed E-state index contributed by atoms with van der Waals surface area (Å²) in [6, 6.07) is 1.78. The van der Waals surface area contributed by atoms with Gasteiger partial charge in [0.25, 0.3) is 0 Å². The fraction of sp³-hybridized carbons (Fsp3) is 0.375. The molecule has 6 nitrogen and oxygen atoms in total. The molecule has 0 saturated carbocycles. The maximum absolute atomic E-state index is 10.7. The first kappa shape index (κ1) is 11.7. The highest BCUT2D eigenvalue weighted by Gasteiger charge is 2.05. The van der Waals surface area contributed by atoms with Crippen LogP contribution in [0.1, 0.15) is 5.56 Å². The number of nitrogens with zero attached hydrogens (tertiary/aromatic N) is 1. The van der Waals surface area contributed by atoms with Gasteiger partial charge in [0, 0.05) is 12.7 Å². The summed E-state index contributed by atoms with van der Waals surface area (Å²) in [5.74, 6) is 0.334. The lowest BCUT2D eigenvalue weighted by Gasteiger charge is -2.08. The van der Waals surface area contributed by atoms with Gasteiger partial charge < -0.3 is 11.1 Å². The Kier molecular flexibility index (Phi) is 3.48. The maximum atomic E-state index is 10.7. The Morgan fingerprint density at radius 1 is 1.53 bits per heavy atom. The molecule has 0 atom stereocenters. The van der Waals surface area contributed by atoms with E-state index in [9.17, 15) is 8.42 Å². The number of nitrogens with one attached hydrogen (secondary N) is 1.